The minimum atomic E-state index is -0.599. The first-order valence-corrected chi connectivity index (χ1v) is 7.88. The average Bonchev–Trinajstić information content (AvgIpc) is 2.84. The summed E-state index contributed by atoms with van der Waals surface area (Å²) in [6, 6.07) is 7.04. The lowest BCUT2D eigenvalue weighted by Gasteiger charge is -2.17. The van der Waals surface area contributed by atoms with Gasteiger partial charge in [-0.15, -0.1) is 11.3 Å². The number of thiazole rings is 1. The number of aromatic nitrogens is 1. The number of anilines is 1. The van der Waals surface area contributed by atoms with E-state index in [1.807, 2.05) is 36.6 Å². The Bertz CT molecular complexity index is 600. The van der Waals surface area contributed by atoms with Crippen LogP contribution in [0.5, 0.6) is 0 Å². The van der Waals surface area contributed by atoms with E-state index >= 15 is 0 Å². The van der Waals surface area contributed by atoms with E-state index in [4.69, 9.17) is 4.74 Å². The topological polar surface area (TPSA) is 51.2 Å². The molecule has 0 bridgehead atoms. The molecule has 1 unspecified atom stereocenters. The SMILES string of the molecule is CCOC(=O)C(Nc1ccccc1Br)c1csc(C)n1. The summed E-state index contributed by atoms with van der Waals surface area (Å²) in [5.74, 6) is -0.325. The van der Waals surface area contributed by atoms with Crippen LogP contribution < -0.4 is 5.32 Å². The molecule has 4 nitrogen and oxygen atoms in total. The summed E-state index contributed by atoms with van der Waals surface area (Å²) in [5.41, 5.74) is 1.51. The molecule has 0 spiro atoms. The van der Waals surface area contributed by atoms with Crippen LogP contribution in [0.4, 0.5) is 5.69 Å². The van der Waals surface area contributed by atoms with Gasteiger partial charge in [0.2, 0.25) is 0 Å². The molecule has 0 saturated heterocycles. The number of benzene rings is 1. The highest BCUT2D eigenvalue weighted by Crippen LogP contribution is 2.27. The Balaban J connectivity index is 2.27. The van der Waals surface area contributed by atoms with Gasteiger partial charge in [-0.05, 0) is 41.9 Å². The summed E-state index contributed by atoms with van der Waals surface area (Å²) in [6.07, 6.45) is 0. The van der Waals surface area contributed by atoms with Crippen molar-refractivity contribution in [2.45, 2.75) is 19.9 Å². The van der Waals surface area contributed by atoms with Crippen LogP contribution in [0.1, 0.15) is 23.7 Å². The Kier molecular flexibility index (Phi) is 5.14. The fourth-order valence-corrected chi connectivity index (χ4v) is 2.76. The molecular formula is C14H15BrN2O2S. The van der Waals surface area contributed by atoms with Gasteiger partial charge in [0.15, 0.2) is 6.04 Å². The second-order valence-corrected chi connectivity index (χ2v) is 6.02. The van der Waals surface area contributed by atoms with Gasteiger partial charge >= 0.3 is 5.97 Å². The fourth-order valence-electron chi connectivity index (χ4n) is 1.73. The predicted octanol–water partition coefficient (Wildman–Crippen LogP) is 3.93. The van der Waals surface area contributed by atoms with Gasteiger partial charge in [0, 0.05) is 15.5 Å². The first kappa shape index (κ1) is 15.0. The standard InChI is InChI=1S/C14H15BrN2O2S/c1-3-19-14(18)13(12-8-20-9(2)16-12)17-11-7-5-4-6-10(11)15/h4-8,13,17H,3H2,1-2H3. The van der Waals surface area contributed by atoms with Crippen LogP contribution in [0.3, 0.4) is 0 Å². The lowest BCUT2D eigenvalue weighted by atomic mass is 10.2. The smallest absolute Gasteiger partial charge is 0.334 e. The van der Waals surface area contributed by atoms with Crippen molar-refractivity contribution in [2.24, 2.45) is 0 Å². The Labute approximate surface area is 130 Å². The molecule has 0 aliphatic heterocycles. The zero-order valence-corrected chi connectivity index (χ0v) is 13.6. The van der Waals surface area contributed by atoms with Crippen LogP contribution in [0.25, 0.3) is 0 Å². The van der Waals surface area contributed by atoms with Crippen molar-refractivity contribution in [1.82, 2.24) is 4.98 Å². The maximum Gasteiger partial charge on any atom is 0.334 e. The first-order chi connectivity index (χ1) is 9.61. The van der Waals surface area contributed by atoms with E-state index < -0.39 is 6.04 Å². The van der Waals surface area contributed by atoms with Gasteiger partial charge in [-0.2, -0.15) is 0 Å². The van der Waals surface area contributed by atoms with Crippen LogP contribution in [0.2, 0.25) is 0 Å². The van der Waals surface area contributed by atoms with Crippen LogP contribution in [0.15, 0.2) is 34.1 Å². The number of hydrogen-bond acceptors (Lipinski definition) is 5. The molecule has 0 radical (unpaired) electrons. The number of ether oxygens (including phenoxy) is 1. The molecule has 0 fully saturated rings. The molecule has 2 aromatic rings. The monoisotopic (exact) mass is 354 g/mol. The minimum Gasteiger partial charge on any atom is -0.464 e. The lowest BCUT2D eigenvalue weighted by Crippen LogP contribution is -2.24. The minimum absolute atomic E-state index is 0.325. The van der Waals surface area contributed by atoms with Crippen LogP contribution in [0, 0.1) is 6.92 Å². The highest BCUT2D eigenvalue weighted by atomic mass is 79.9. The van der Waals surface area contributed by atoms with Gasteiger partial charge in [0.05, 0.1) is 17.3 Å². The molecule has 20 heavy (non-hydrogen) atoms. The molecule has 1 aromatic heterocycles. The maximum atomic E-state index is 12.1. The van der Waals surface area contributed by atoms with E-state index in [-0.39, 0.29) is 5.97 Å². The molecule has 0 aliphatic carbocycles. The highest BCUT2D eigenvalue weighted by molar-refractivity contribution is 9.10. The van der Waals surface area contributed by atoms with E-state index in [1.165, 1.54) is 11.3 Å². The molecule has 0 saturated carbocycles. The Hall–Kier alpha value is -1.40. The molecule has 1 atom stereocenters. The third kappa shape index (κ3) is 3.58. The summed E-state index contributed by atoms with van der Waals surface area (Å²) in [4.78, 5) is 16.5. The van der Waals surface area contributed by atoms with Crippen molar-refractivity contribution in [1.29, 1.82) is 0 Å². The van der Waals surface area contributed by atoms with Crippen molar-refractivity contribution < 1.29 is 9.53 Å². The van der Waals surface area contributed by atoms with E-state index in [9.17, 15) is 4.79 Å². The Morgan fingerprint density at radius 1 is 1.50 bits per heavy atom. The highest BCUT2D eigenvalue weighted by Gasteiger charge is 2.24. The van der Waals surface area contributed by atoms with E-state index in [1.54, 1.807) is 6.92 Å². The van der Waals surface area contributed by atoms with Crippen molar-refractivity contribution in [3.8, 4) is 0 Å². The molecule has 0 amide bonds. The van der Waals surface area contributed by atoms with E-state index in [0.29, 0.717) is 12.3 Å². The first-order valence-electron chi connectivity index (χ1n) is 6.21. The number of nitrogens with one attached hydrogen (secondary N) is 1. The van der Waals surface area contributed by atoms with Gasteiger partial charge in [-0.1, -0.05) is 12.1 Å². The lowest BCUT2D eigenvalue weighted by molar-refractivity contribution is -0.144. The van der Waals surface area contributed by atoms with Crippen molar-refractivity contribution >= 4 is 38.9 Å². The molecule has 1 N–H and O–H groups in total. The van der Waals surface area contributed by atoms with Crippen molar-refractivity contribution in [2.75, 3.05) is 11.9 Å². The largest absolute Gasteiger partial charge is 0.464 e. The number of halogens is 1. The number of rotatable bonds is 5. The molecule has 2 rings (SSSR count). The number of aryl methyl sites for hydroxylation is 1. The van der Waals surface area contributed by atoms with Crippen LogP contribution in [-0.2, 0) is 9.53 Å². The predicted molar refractivity (Wildman–Crippen MR) is 84.0 cm³/mol. The number of carbonyl (C=O) groups excluding carboxylic acids is 1. The summed E-state index contributed by atoms with van der Waals surface area (Å²) < 4.78 is 6.02. The number of carbonyl (C=O) groups is 1. The fraction of sp³-hybridized carbons (Fsp3) is 0.286. The molecule has 1 aromatic carbocycles. The van der Waals surface area contributed by atoms with E-state index in [2.05, 4.69) is 26.2 Å². The second-order valence-electron chi connectivity index (χ2n) is 4.10. The zero-order valence-electron chi connectivity index (χ0n) is 11.2. The third-order valence-corrected chi connectivity index (χ3v) is 4.11. The Morgan fingerprint density at radius 2 is 2.25 bits per heavy atom. The average molecular weight is 355 g/mol. The molecule has 6 heteroatoms. The van der Waals surface area contributed by atoms with Gasteiger partial charge in [0.25, 0.3) is 0 Å². The van der Waals surface area contributed by atoms with Crippen LogP contribution in [-0.4, -0.2) is 17.6 Å². The van der Waals surface area contributed by atoms with Gasteiger partial charge < -0.3 is 10.1 Å². The number of hydrogen-bond donors (Lipinski definition) is 1. The molecule has 1 heterocycles. The number of nitrogens with zero attached hydrogens (tertiary/aromatic N) is 1. The van der Waals surface area contributed by atoms with Crippen molar-refractivity contribution in [3.05, 3.63) is 44.8 Å². The number of para-hydroxylation sites is 1. The third-order valence-electron chi connectivity index (χ3n) is 2.63. The quantitative estimate of drug-likeness (QED) is 0.826. The van der Waals surface area contributed by atoms with Crippen molar-refractivity contribution in [3.63, 3.8) is 0 Å². The second kappa shape index (κ2) is 6.85. The zero-order chi connectivity index (χ0) is 14.5. The van der Waals surface area contributed by atoms with E-state index in [0.717, 1.165) is 15.2 Å². The van der Waals surface area contributed by atoms with Gasteiger partial charge in [-0.25, -0.2) is 9.78 Å². The number of esters is 1. The normalized spacial score (nSPS) is 11.9. The van der Waals surface area contributed by atoms with Gasteiger partial charge in [0.1, 0.15) is 0 Å². The molecular weight excluding hydrogens is 340 g/mol. The summed E-state index contributed by atoms with van der Waals surface area (Å²) in [7, 11) is 0. The Morgan fingerprint density at radius 3 is 2.85 bits per heavy atom. The van der Waals surface area contributed by atoms with Crippen LogP contribution >= 0.6 is 27.3 Å². The molecule has 0 aliphatic rings. The van der Waals surface area contributed by atoms with Gasteiger partial charge in [-0.3, -0.25) is 0 Å². The maximum absolute atomic E-state index is 12.1. The summed E-state index contributed by atoms with van der Waals surface area (Å²) in [5, 5.41) is 5.98. The summed E-state index contributed by atoms with van der Waals surface area (Å²) >= 11 is 4.97. The molecule has 106 valence electrons. The summed E-state index contributed by atoms with van der Waals surface area (Å²) in [6.45, 7) is 4.05.